The third-order valence-corrected chi connectivity index (χ3v) is 2.41. The highest BCUT2D eigenvalue weighted by Crippen LogP contribution is 2.15. The van der Waals surface area contributed by atoms with Crippen LogP contribution in [0.5, 0.6) is 0 Å². The van der Waals surface area contributed by atoms with Crippen molar-refractivity contribution in [2.45, 2.75) is 26.3 Å². The van der Waals surface area contributed by atoms with Gasteiger partial charge in [-0.05, 0) is 20.3 Å². The summed E-state index contributed by atoms with van der Waals surface area (Å²) < 4.78 is 0. The molecule has 1 saturated heterocycles. The van der Waals surface area contributed by atoms with Crippen molar-refractivity contribution in [3.8, 4) is 6.07 Å². The Hall–Kier alpha value is -1.01. The molecule has 3 nitrogen and oxygen atoms in total. The maximum absolute atomic E-state index is 8.67. The largest absolute Gasteiger partial charge is 0.373 e. The number of nitriles is 1. The fraction of sp³-hybridized carbons (Fsp3) is 0.667. The van der Waals surface area contributed by atoms with Crippen LogP contribution in [0.3, 0.4) is 0 Å². The van der Waals surface area contributed by atoms with Crippen LogP contribution in [0.1, 0.15) is 20.3 Å². The van der Waals surface area contributed by atoms with Gasteiger partial charge in [0, 0.05) is 30.4 Å². The van der Waals surface area contributed by atoms with E-state index in [2.05, 4.69) is 11.0 Å². The summed E-state index contributed by atoms with van der Waals surface area (Å²) in [5.74, 6) is 0. The van der Waals surface area contributed by atoms with Gasteiger partial charge in [-0.25, -0.2) is 0 Å². The van der Waals surface area contributed by atoms with Crippen LogP contribution < -0.4 is 5.73 Å². The van der Waals surface area contributed by atoms with E-state index in [-0.39, 0.29) is 6.04 Å². The Kier molecular flexibility index (Phi) is 2.72. The Bertz CT molecular complexity index is 237. The molecule has 0 aromatic rings. The van der Waals surface area contributed by atoms with Crippen molar-refractivity contribution in [1.29, 1.82) is 5.26 Å². The second-order valence-corrected chi connectivity index (χ2v) is 3.32. The molecule has 1 aliphatic heterocycles. The third kappa shape index (κ3) is 1.77. The predicted molar refractivity (Wildman–Crippen MR) is 48.2 cm³/mol. The zero-order valence-electron chi connectivity index (χ0n) is 7.67. The molecule has 0 amide bonds. The van der Waals surface area contributed by atoms with Crippen LogP contribution in [-0.2, 0) is 0 Å². The molecule has 0 aromatic heterocycles. The first-order valence-electron chi connectivity index (χ1n) is 4.23. The topological polar surface area (TPSA) is 53.0 Å². The van der Waals surface area contributed by atoms with Gasteiger partial charge in [-0.3, -0.25) is 0 Å². The maximum Gasteiger partial charge on any atom is 0.0962 e. The molecule has 1 unspecified atom stereocenters. The fourth-order valence-electron chi connectivity index (χ4n) is 1.41. The molecule has 1 atom stereocenters. The Balaban J connectivity index is 2.67. The molecule has 3 heteroatoms. The van der Waals surface area contributed by atoms with Crippen LogP contribution in [0.25, 0.3) is 0 Å². The van der Waals surface area contributed by atoms with Crippen molar-refractivity contribution in [3.63, 3.8) is 0 Å². The van der Waals surface area contributed by atoms with Crippen LogP contribution in [-0.4, -0.2) is 24.0 Å². The highest BCUT2D eigenvalue weighted by atomic mass is 15.2. The fourth-order valence-corrected chi connectivity index (χ4v) is 1.41. The molecule has 1 fully saturated rings. The lowest BCUT2D eigenvalue weighted by Gasteiger charge is -2.18. The summed E-state index contributed by atoms with van der Waals surface area (Å²) in [5.41, 5.74) is 7.63. The molecule has 1 heterocycles. The van der Waals surface area contributed by atoms with Crippen molar-refractivity contribution in [1.82, 2.24) is 4.90 Å². The predicted octanol–water partition coefficient (Wildman–Crippen LogP) is 0.837. The minimum absolute atomic E-state index is 0.284. The monoisotopic (exact) mass is 165 g/mol. The van der Waals surface area contributed by atoms with Gasteiger partial charge in [0.05, 0.1) is 6.07 Å². The summed E-state index contributed by atoms with van der Waals surface area (Å²) in [6.07, 6.45) is 1.04. The first-order valence-corrected chi connectivity index (χ1v) is 4.23. The Morgan fingerprint density at radius 1 is 1.58 bits per heavy atom. The van der Waals surface area contributed by atoms with Gasteiger partial charge < -0.3 is 10.6 Å². The molecular formula is C9H15N3. The Labute approximate surface area is 73.5 Å². The van der Waals surface area contributed by atoms with Crippen LogP contribution in [0.15, 0.2) is 11.3 Å². The molecular weight excluding hydrogens is 150 g/mol. The van der Waals surface area contributed by atoms with Gasteiger partial charge in [0.25, 0.3) is 0 Å². The lowest BCUT2D eigenvalue weighted by molar-refractivity contribution is 0.418. The van der Waals surface area contributed by atoms with Crippen molar-refractivity contribution in [2.24, 2.45) is 5.73 Å². The van der Waals surface area contributed by atoms with Gasteiger partial charge in [0.1, 0.15) is 0 Å². The number of rotatable bonds is 1. The second kappa shape index (κ2) is 3.59. The number of hydrogen-bond acceptors (Lipinski definition) is 3. The highest BCUT2D eigenvalue weighted by Gasteiger charge is 2.19. The lowest BCUT2D eigenvalue weighted by atomic mass is 10.2. The zero-order valence-corrected chi connectivity index (χ0v) is 7.67. The van der Waals surface area contributed by atoms with Crippen LogP contribution in [0.2, 0.25) is 0 Å². The maximum atomic E-state index is 8.67. The number of likely N-dealkylation sites (tertiary alicyclic amines) is 1. The van der Waals surface area contributed by atoms with E-state index >= 15 is 0 Å². The molecule has 66 valence electrons. The Morgan fingerprint density at radius 2 is 2.25 bits per heavy atom. The first-order chi connectivity index (χ1) is 5.65. The van der Waals surface area contributed by atoms with Gasteiger partial charge >= 0.3 is 0 Å². The average Bonchev–Trinajstić information content (AvgIpc) is 2.49. The number of nitrogens with two attached hydrogens (primary N) is 1. The van der Waals surface area contributed by atoms with Crippen molar-refractivity contribution < 1.29 is 0 Å². The van der Waals surface area contributed by atoms with E-state index in [9.17, 15) is 0 Å². The van der Waals surface area contributed by atoms with E-state index < -0.39 is 0 Å². The number of hydrogen-bond donors (Lipinski definition) is 1. The third-order valence-electron chi connectivity index (χ3n) is 2.41. The summed E-state index contributed by atoms with van der Waals surface area (Å²) in [6.45, 7) is 5.71. The molecule has 1 rings (SSSR count). The lowest BCUT2D eigenvalue weighted by Crippen LogP contribution is -2.25. The van der Waals surface area contributed by atoms with E-state index in [0.717, 1.165) is 30.8 Å². The molecule has 2 N–H and O–H groups in total. The number of allylic oxidation sites excluding steroid dienone is 2. The number of nitrogens with zero attached hydrogens (tertiary/aromatic N) is 2. The van der Waals surface area contributed by atoms with Crippen LogP contribution >= 0.6 is 0 Å². The smallest absolute Gasteiger partial charge is 0.0962 e. The van der Waals surface area contributed by atoms with Crippen molar-refractivity contribution >= 4 is 0 Å². The molecule has 0 radical (unpaired) electrons. The normalized spacial score (nSPS) is 25.2. The molecule has 0 saturated carbocycles. The standard InChI is InChI=1S/C9H15N3/c1-7(5-10)8(2)12-4-3-9(11)6-12/h9H,3-4,6,11H2,1-2H3. The molecule has 0 aromatic carbocycles. The first kappa shape index (κ1) is 9.08. The van der Waals surface area contributed by atoms with Crippen molar-refractivity contribution in [2.75, 3.05) is 13.1 Å². The van der Waals surface area contributed by atoms with Crippen LogP contribution in [0, 0.1) is 11.3 Å². The summed E-state index contributed by atoms with van der Waals surface area (Å²) in [7, 11) is 0. The second-order valence-electron chi connectivity index (χ2n) is 3.32. The summed E-state index contributed by atoms with van der Waals surface area (Å²) >= 11 is 0. The van der Waals surface area contributed by atoms with E-state index in [0.29, 0.717) is 0 Å². The van der Waals surface area contributed by atoms with Gasteiger partial charge in [0.2, 0.25) is 0 Å². The quantitative estimate of drug-likeness (QED) is 0.586. The van der Waals surface area contributed by atoms with Crippen molar-refractivity contribution in [3.05, 3.63) is 11.3 Å². The highest BCUT2D eigenvalue weighted by molar-refractivity contribution is 5.24. The van der Waals surface area contributed by atoms with E-state index in [1.165, 1.54) is 0 Å². The van der Waals surface area contributed by atoms with E-state index in [1.54, 1.807) is 0 Å². The van der Waals surface area contributed by atoms with Gasteiger partial charge in [-0.2, -0.15) is 5.26 Å². The molecule has 12 heavy (non-hydrogen) atoms. The molecule has 0 aliphatic carbocycles. The Morgan fingerprint density at radius 3 is 2.67 bits per heavy atom. The van der Waals surface area contributed by atoms with Crippen LogP contribution in [0.4, 0.5) is 0 Å². The summed E-state index contributed by atoms with van der Waals surface area (Å²) in [4.78, 5) is 2.18. The average molecular weight is 165 g/mol. The molecule has 0 spiro atoms. The minimum Gasteiger partial charge on any atom is -0.373 e. The summed E-state index contributed by atoms with van der Waals surface area (Å²) in [6, 6.07) is 2.44. The minimum atomic E-state index is 0.284. The van der Waals surface area contributed by atoms with E-state index in [1.807, 2.05) is 13.8 Å². The SMILES string of the molecule is CC(C#N)=C(C)N1CCC(N)C1. The molecule has 0 bridgehead atoms. The zero-order chi connectivity index (χ0) is 9.14. The van der Waals surface area contributed by atoms with Gasteiger partial charge in [0.15, 0.2) is 0 Å². The summed E-state index contributed by atoms with van der Waals surface area (Å²) in [5, 5.41) is 8.67. The van der Waals surface area contributed by atoms with E-state index in [4.69, 9.17) is 11.0 Å². The van der Waals surface area contributed by atoms with Gasteiger partial charge in [-0.15, -0.1) is 0 Å². The van der Waals surface area contributed by atoms with Gasteiger partial charge in [-0.1, -0.05) is 0 Å². The molecule has 1 aliphatic rings.